The van der Waals surface area contributed by atoms with E-state index in [4.69, 9.17) is 0 Å². The molecule has 0 aliphatic heterocycles. The van der Waals surface area contributed by atoms with E-state index in [0.29, 0.717) is 5.69 Å². The molecule has 18 heavy (non-hydrogen) atoms. The SMILES string of the molecule is CCNCc1ccc(N(C)CC2CC2C)c(F)c1. The number of halogens is 1. The minimum absolute atomic E-state index is 0.110. The summed E-state index contributed by atoms with van der Waals surface area (Å²) in [6, 6.07) is 5.55. The fourth-order valence-corrected chi connectivity index (χ4v) is 2.34. The predicted molar refractivity (Wildman–Crippen MR) is 74.3 cm³/mol. The van der Waals surface area contributed by atoms with Gasteiger partial charge in [0.2, 0.25) is 0 Å². The zero-order valence-electron chi connectivity index (χ0n) is 11.5. The summed E-state index contributed by atoms with van der Waals surface area (Å²) in [4.78, 5) is 2.04. The molecule has 0 saturated heterocycles. The smallest absolute Gasteiger partial charge is 0.146 e. The van der Waals surface area contributed by atoms with Crippen LogP contribution in [0, 0.1) is 17.7 Å². The van der Waals surface area contributed by atoms with Gasteiger partial charge in [-0.25, -0.2) is 4.39 Å². The standard InChI is InChI=1S/C15H23FN2/c1-4-17-9-12-5-6-15(14(16)8-12)18(3)10-13-7-11(13)2/h5-6,8,11,13,17H,4,7,9-10H2,1-3H3. The molecular formula is C15H23FN2. The van der Waals surface area contributed by atoms with Crippen LogP contribution in [0.4, 0.5) is 10.1 Å². The average Bonchev–Trinajstić information content (AvgIpc) is 3.02. The van der Waals surface area contributed by atoms with Crippen molar-refractivity contribution in [3.63, 3.8) is 0 Å². The lowest BCUT2D eigenvalue weighted by Crippen LogP contribution is -2.22. The molecule has 1 saturated carbocycles. The maximum Gasteiger partial charge on any atom is 0.146 e. The van der Waals surface area contributed by atoms with Gasteiger partial charge in [-0.3, -0.25) is 0 Å². The predicted octanol–water partition coefficient (Wildman–Crippen LogP) is 3.03. The fraction of sp³-hybridized carbons (Fsp3) is 0.600. The van der Waals surface area contributed by atoms with Gasteiger partial charge in [0.05, 0.1) is 5.69 Å². The largest absolute Gasteiger partial charge is 0.372 e. The van der Waals surface area contributed by atoms with E-state index in [1.165, 1.54) is 6.42 Å². The number of nitrogens with one attached hydrogen (secondary N) is 1. The van der Waals surface area contributed by atoms with Gasteiger partial charge in [0.1, 0.15) is 5.82 Å². The lowest BCUT2D eigenvalue weighted by molar-refractivity contribution is 0.611. The van der Waals surface area contributed by atoms with E-state index in [1.54, 1.807) is 6.07 Å². The van der Waals surface area contributed by atoms with Crippen molar-refractivity contribution in [2.24, 2.45) is 11.8 Å². The highest BCUT2D eigenvalue weighted by atomic mass is 19.1. The maximum absolute atomic E-state index is 14.0. The van der Waals surface area contributed by atoms with Crippen molar-refractivity contribution >= 4 is 5.69 Å². The van der Waals surface area contributed by atoms with Crippen molar-refractivity contribution < 1.29 is 4.39 Å². The van der Waals surface area contributed by atoms with Crippen LogP contribution in [-0.2, 0) is 6.54 Å². The molecule has 1 aromatic carbocycles. The van der Waals surface area contributed by atoms with Crippen LogP contribution < -0.4 is 10.2 Å². The third-order valence-corrected chi connectivity index (χ3v) is 3.79. The van der Waals surface area contributed by atoms with E-state index in [0.717, 1.165) is 37.0 Å². The van der Waals surface area contributed by atoms with Crippen LogP contribution in [0.2, 0.25) is 0 Å². The number of nitrogens with zero attached hydrogens (tertiary/aromatic N) is 1. The Morgan fingerprint density at radius 1 is 1.44 bits per heavy atom. The van der Waals surface area contributed by atoms with Crippen molar-refractivity contribution in [2.75, 3.05) is 25.0 Å². The Balaban J connectivity index is 1.99. The van der Waals surface area contributed by atoms with E-state index in [-0.39, 0.29) is 5.82 Å². The topological polar surface area (TPSA) is 15.3 Å². The molecule has 2 nitrogen and oxygen atoms in total. The van der Waals surface area contributed by atoms with Crippen LogP contribution in [0.3, 0.4) is 0 Å². The van der Waals surface area contributed by atoms with E-state index in [2.05, 4.69) is 19.2 Å². The molecule has 2 rings (SSSR count). The summed E-state index contributed by atoms with van der Waals surface area (Å²) in [7, 11) is 1.98. The van der Waals surface area contributed by atoms with Crippen LogP contribution in [0.5, 0.6) is 0 Å². The second-order valence-electron chi connectivity index (χ2n) is 5.42. The van der Waals surface area contributed by atoms with Crippen molar-refractivity contribution in [3.05, 3.63) is 29.6 Å². The first-order chi connectivity index (χ1) is 8.61. The third-order valence-electron chi connectivity index (χ3n) is 3.79. The van der Waals surface area contributed by atoms with E-state index in [9.17, 15) is 4.39 Å². The molecule has 0 bridgehead atoms. The summed E-state index contributed by atoms with van der Waals surface area (Å²) in [6.07, 6.45) is 1.28. The number of rotatable bonds is 6. The molecule has 2 unspecified atom stereocenters. The highest BCUT2D eigenvalue weighted by Gasteiger charge is 2.33. The Bertz CT molecular complexity index is 405. The molecule has 3 heteroatoms. The monoisotopic (exact) mass is 250 g/mol. The Morgan fingerprint density at radius 2 is 2.17 bits per heavy atom. The Hall–Kier alpha value is -1.09. The second-order valence-corrected chi connectivity index (χ2v) is 5.42. The van der Waals surface area contributed by atoms with Gasteiger partial charge in [-0.15, -0.1) is 0 Å². The second kappa shape index (κ2) is 5.70. The number of hydrogen-bond donors (Lipinski definition) is 1. The molecule has 0 radical (unpaired) electrons. The highest BCUT2D eigenvalue weighted by Crippen LogP contribution is 2.38. The van der Waals surface area contributed by atoms with Gasteiger partial charge in [0.25, 0.3) is 0 Å². The van der Waals surface area contributed by atoms with Gasteiger partial charge < -0.3 is 10.2 Å². The molecule has 0 spiro atoms. The Labute approximate surface area is 109 Å². The summed E-state index contributed by atoms with van der Waals surface area (Å²) in [5, 5.41) is 3.21. The summed E-state index contributed by atoms with van der Waals surface area (Å²) >= 11 is 0. The summed E-state index contributed by atoms with van der Waals surface area (Å²) in [6.45, 7) is 6.91. The molecular weight excluding hydrogens is 227 g/mol. The van der Waals surface area contributed by atoms with Crippen LogP contribution in [0.25, 0.3) is 0 Å². The summed E-state index contributed by atoms with van der Waals surface area (Å²) in [5.74, 6) is 1.44. The number of benzene rings is 1. The van der Waals surface area contributed by atoms with Crippen molar-refractivity contribution in [1.29, 1.82) is 0 Å². The molecule has 1 fully saturated rings. The molecule has 0 heterocycles. The van der Waals surface area contributed by atoms with Gasteiger partial charge in [-0.05, 0) is 42.5 Å². The Kier molecular flexibility index (Phi) is 4.23. The fourth-order valence-electron chi connectivity index (χ4n) is 2.34. The molecule has 100 valence electrons. The van der Waals surface area contributed by atoms with Gasteiger partial charge in [-0.1, -0.05) is 19.9 Å². The van der Waals surface area contributed by atoms with E-state index in [1.807, 2.05) is 24.1 Å². The molecule has 1 N–H and O–H groups in total. The quantitative estimate of drug-likeness (QED) is 0.835. The highest BCUT2D eigenvalue weighted by molar-refractivity contribution is 5.48. The molecule has 2 atom stereocenters. The van der Waals surface area contributed by atoms with Crippen LogP contribution in [0.15, 0.2) is 18.2 Å². The van der Waals surface area contributed by atoms with Gasteiger partial charge in [0, 0.05) is 20.1 Å². The van der Waals surface area contributed by atoms with Crippen LogP contribution in [-0.4, -0.2) is 20.1 Å². The van der Waals surface area contributed by atoms with E-state index >= 15 is 0 Å². The molecule has 1 aliphatic carbocycles. The zero-order valence-corrected chi connectivity index (χ0v) is 11.5. The first kappa shape index (κ1) is 13.3. The molecule has 1 aliphatic rings. The van der Waals surface area contributed by atoms with Crippen molar-refractivity contribution in [2.45, 2.75) is 26.8 Å². The minimum atomic E-state index is -0.110. The first-order valence-electron chi connectivity index (χ1n) is 6.82. The lowest BCUT2D eigenvalue weighted by atomic mass is 10.1. The van der Waals surface area contributed by atoms with Gasteiger partial charge in [0.15, 0.2) is 0 Å². The zero-order chi connectivity index (χ0) is 13.1. The van der Waals surface area contributed by atoms with Gasteiger partial charge >= 0.3 is 0 Å². The maximum atomic E-state index is 14.0. The Morgan fingerprint density at radius 3 is 2.72 bits per heavy atom. The van der Waals surface area contributed by atoms with E-state index < -0.39 is 0 Å². The molecule has 0 amide bonds. The van der Waals surface area contributed by atoms with Crippen LogP contribution >= 0.6 is 0 Å². The summed E-state index contributed by atoms with van der Waals surface area (Å²) in [5.41, 5.74) is 1.72. The number of hydrogen-bond acceptors (Lipinski definition) is 2. The third kappa shape index (κ3) is 3.22. The molecule has 1 aromatic rings. The first-order valence-corrected chi connectivity index (χ1v) is 6.82. The normalized spacial score (nSPS) is 22.0. The lowest BCUT2D eigenvalue weighted by Gasteiger charge is -2.20. The average molecular weight is 250 g/mol. The summed E-state index contributed by atoms with van der Waals surface area (Å²) < 4.78 is 14.0. The van der Waals surface area contributed by atoms with Crippen LogP contribution in [0.1, 0.15) is 25.8 Å². The minimum Gasteiger partial charge on any atom is -0.372 e. The number of anilines is 1. The van der Waals surface area contributed by atoms with Crippen molar-refractivity contribution in [1.82, 2.24) is 5.32 Å². The van der Waals surface area contributed by atoms with Crippen molar-refractivity contribution in [3.8, 4) is 0 Å². The molecule has 0 aromatic heterocycles. The van der Waals surface area contributed by atoms with Gasteiger partial charge in [-0.2, -0.15) is 0 Å².